The lowest BCUT2D eigenvalue weighted by Crippen LogP contribution is -2.50. The molecule has 2 aromatic carbocycles. The molecule has 7 nitrogen and oxygen atoms in total. The van der Waals surface area contributed by atoms with Crippen molar-refractivity contribution >= 4 is 21.6 Å². The third-order valence-corrected chi connectivity index (χ3v) is 6.33. The molecule has 2 rings (SSSR count). The first-order chi connectivity index (χ1) is 14.7. The van der Waals surface area contributed by atoms with Crippen molar-refractivity contribution < 1.29 is 22.7 Å². The summed E-state index contributed by atoms with van der Waals surface area (Å²) in [6, 6.07) is 11.4. The fraction of sp³-hybridized carbons (Fsp3) is 0.435. The van der Waals surface area contributed by atoms with E-state index in [0.717, 1.165) is 17.4 Å². The molecule has 0 aliphatic heterocycles. The van der Waals surface area contributed by atoms with Gasteiger partial charge in [-0.3, -0.25) is 9.10 Å². The van der Waals surface area contributed by atoms with E-state index >= 15 is 0 Å². The van der Waals surface area contributed by atoms with Crippen LogP contribution in [0.5, 0.6) is 11.5 Å². The molecule has 1 N–H and O–H groups in total. The van der Waals surface area contributed by atoms with Crippen molar-refractivity contribution in [3.05, 3.63) is 53.6 Å². The van der Waals surface area contributed by atoms with Gasteiger partial charge in [0.25, 0.3) is 0 Å². The standard InChI is InChI=1S/C23H32N2O5S/c1-7-19(17-11-14-21(29-4)22(15-17)30-5)24-23(26)20(8-2)25(31(6,27)28)18-12-9-16(3)10-13-18/h9-15,19-20H,7-8H2,1-6H3,(H,24,26)/t19-,20-/m1/s1. The molecule has 1 amide bonds. The average molecular weight is 449 g/mol. The SMILES string of the molecule is CC[C@H](C(=O)N[C@H](CC)c1ccc(OC)c(OC)c1)N(c1ccc(C)cc1)S(C)(=O)=O. The van der Waals surface area contributed by atoms with E-state index < -0.39 is 16.1 Å². The van der Waals surface area contributed by atoms with Gasteiger partial charge in [0.2, 0.25) is 15.9 Å². The van der Waals surface area contributed by atoms with E-state index in [0.29, 0.717) is 30.0 Å². The Morgan fingerprint density at radius 2 is 1.61 bits per heavy atom. The monoisotopic (exact) mass is 448 g/mol. The van der Waals surface area contributed by atoms with E-state index in [1.807, 2.05) is 38.1 Å². The second-order valence-electron chi connectivity index (χ2n) is 7.40. The number of hydrogen-bond acceptors (Lipinski definition) is 5. The third-order valence-electron chi connectivity index (χ3n) is 5.15. The number of hydrogen-bond donors (Lipinski definition) is 1. The molecule has 0 aliphatic carbocycles. The second kappa shape index (κ2) is 10.5. The number of aryl methyl sites for hydroxylation is 1. The average Bonchev–Trinajstić information content (AvgIpc) is 2.75. The smallest absolute Gasteiger partial charge is 0.244 e. The number of methoxy groups -OCH3 is 2. The number of nitrogens with zero attached hydrogens (tertiary/aromatic N) is 1. The molecule has 0 saturated carbocycles. The van der Waals surface area contributed by atoms with Crippen LogP contribution in [0.1, 0.15) is 43.9 Å². The summed E-state index contributed by atoms with van der Waals surface area (Å²) < 4.78 is 37.1. The van der Waals surface area contributed by atoms with Crippen LogP contribution in [0, 0.1) is 6.92 Å². The Bertz CT molecular complexity index is 990. The number of amides is 1. The van der Waals surface area contributed by atoms with E-state index in [-0.39, 0.29) is 11.9 Å². The number of anilines is 1. The molecule has 0 spiro atoms. The van der Waals surface area contributed by atoms with Gasteiger partial charge in [0, 0.05) is 0 Å². The zero-order valence-corrected chi connectivity index (χ0v) is 19.8. The van der Waals surface area contributed by atoms with Gasteiger partial charge in [-0.2, -0.15) is 0 Å². The minimum absolute atomic E-state index is 0.305. The summed E-state index contributed by atoms with van der Waals surface area (Å²) in [6.45, 7) is 5.68. The fourth-order valence-corrected chi connectivity index (χ4v) is 4.72. The minimum Gasteiger partial charge on any atom is -0.493 e. The molecular formula is C23H32N2O5S. The van der Waals surface area contributed by atoms with Crippen LogP contribution in [-0.2, 0) is 14.8 Å². The lowest BCUT2D eigenvalue weighted by molar-refractivity contribution is -0.123. The maximum atomic E-state index is 13.2. The van der Waals surface area contributed by atoms with Crippen molar-refractivity contribution in [2.75, 3.05) is 24.8 Å². The summed E-state index contributed by atoms with van der Waals surface area (Å²) >= 11 is 0. The zero-order valence-electron chi connectivity index (χ0n) is 19.0. The van der Waals surface area contributed by atoms with E-state index in [1.54, 1.807) is 39.3 Å². The van der Waals surface area contributed by atoms with Crippen molar-refractivity contribution in [2.45, 2.75) is 45.7 Å². The quantitative estimate of drug-likeness (QED) is 0.597. The molecule has 0 unspecified atom stereocenters. The molecule has 2 aromatic rings. The number of carbonyl (C=O) groups is 1. The van der Waals surface area contributed by atoms with Crippen LogP contribution in [0.4, 0.5) is 5.69 Å². The number of nitrogens with one attached hydrogen (secondary N) is 1. The van der Waals surface area contributed by atoms with Gasteiger partial charge >= 0.3 is 0 Å². The van der Waals surface area contributed by atoms with E-state index in [2.05, 4.69) is 5.32 Å². The Labute approximate surface area is 185 Å². The van der Waals surface area contributed by atoms with Gasteiger partial charge in [-0.05, 0) is 49.6 Å². The van der Waals surface area contributed by atoms with Crippen molar-refractivity contribution in [3.63, 3.8) is 0 Å². The Hall–Kier alpha value is -2.74. The van der Waals surface area contributed by atoms with Gasteiger partial charge in [-0.1, -0.05) is 37.6 Å². The number of rotatable bonds is 10. The predicted molar refractivity (Wildman–Crippen MR) is 123 cm³/mol. The van der Waals surface area contributed by atoms with Gasteiger partial charge in [-0.25, -0.2) is 8.42 Å². The molecule has 0 aliphatic rings. The first kappa shape index (κ1) is 24.5. The maximum Gasteiger partial charge on any atom is 0.244 e. The van der Waals surface area contributed by atoms with Crippen LogP contribution in [0.2, 0.25) is 0 Å². The summed E-state index contributed by atoms with van der Waals surface area (Å²) in [5.41, 5.74) is 2.33. The van der Waals surface area contributed by atoms with Crippen LogP contribution in [0.25, 0.3) is 0 Å². The van der Waals surface area contributed by atoms with Gasteiger partial charge in [0.15, 0.2) is 11.5 Å². The third kappa shape index (κ3) is 5.91. The lowest BCUT2D eigenvalue weighted by Gasteiger charge is -2.31. The zero-order chi connectivity index (χ0) is 23.2. The number of benzene rings is 2. The molecule has 0 bridgehead atoms. The number of ether oxygens (including phenoxy) is 2. The van der Waals surface area contributed by atoms with E-state index in [9.17, 15) is 13.2 Å². The molecule has 0 radical (unpaired) electrons. The number of sulfonamides is 1. The molecule has 0 heterocycles. The molecule has 0 saturated heterocycles. The van der Waals surface area contributed by atoms with Crippen molar-refractivity contribution in [1.29, 1.82) is 0 Å². The highest BCUT2D eigenvalue weighted by atomic mass is 32.2. The van der Waals surface area contributed by atoms with Crippen LogP contribution in [0.3, 0.4) is 0 Å². The van der Waals surface area contributed by atoms with Crippen LogP contribution in [-0.4, -0.2) is 40.8 Å². The Morgan fingerprint density at radius 1 is 1.00 bits per heavy atom. The summed E-state index contributed by atoms with van der Waals surface area (Å²) in [6.07, 6.45) is 2.07. The maximum absolute atomic E-state index is 13.2. The molecular weight excluding hydrogens is 416 g/mol. The van der Waals surface area contributed by atoms with E-state index in [1.165, 1.54) is 4.31 Å². The van der Waals surface area contributed by atoms with Crippen molar-refractivity contribution in [1.82, 2.24) is 5.32 Å². The topological polar surface area (TPSA) is 84.9 Å². The van der Waals surface area contributed by atoms with Gasteiger partial charge in [0.1, 0.15) is 6.04 Å². The Kier molecular flexibility index (Phi) is 8.33. The first-order valence-corrected chi connectivity index (χ1v) is 12.1. The second-order valence-corrected chi connectivity index (χ2v) is 9.26. The molecule has 2 atom stereocenters. The molecule has 8 heteroatoms. The van der Waals surface area contributed by atoms with Crippen LogP contribution in [0.15, 0.2) is 42.5 Å². The summed E-state index contributed by atoms with van der Waals surface area (Å²) in [4.78, 5) is 13.2. The van der Waals surface area contributed by atoms with Crippen molar-refractivity contribution in [3.8, 4) is 11.5 Å². The Morgan fingerprint density at radius 3 is 2.10 bits per heavy atom. The highest BCUT2D eigenvalue weighted by Crippen LogP contribution is 2.31. The number of carbonyl (C=O) groups excluding carboxylic acids is 1. The molecule has 170 valence electrons. The summed E-state index contributed by atoms with van der Waals surface area (Å²) in [7, 11) is -0.560. The van der Waals surface area contributed by atoms with Crippen LogP contribution < -0.4 is 19.1 Å². The van der Waals surface area contributed by atoms with Crippen LogP contribution >= 0.6 is 0 Å². The largest absolute Gasteiger partial charge is 0.493 e. The van der Waals surface area contributed by atoms with Gasteiger partial charge in [-0.15, -0.1) is 0 Å². The minimum atomic E-state index is -3.68. The normalized spacial score (nSPS) is 13.2. The van der Waals surface area contributed by atoms with Crippen molar-refractivity contribution in [2.24, 2.45) is 0 Å². The Balaban J connectivity index is 2.35. The van der Waals surface area contributed by atoms with E-state index in [4.69, 9.17) is 9.47 Å². The molecule has 0 aromatic heterocycles. The lowest BCUT2D eigenvalue weighted by atomic mass is 10.0. The predicted octanol–water partition coefficient (Wildman–Crippen LogP) is 3.82. The van der Waals surface area contributed by atoms with Gasteiger partial charge in [0.05, 0.1) is 32.2 Å². The summed E-state index contributed by atoms with van der Waals surface area (Å²) in [5.74, 6) is 0.814. The highest BCUT2D eigenvalue weighted by Gasteiger charge is 2.32. The highest BCUT2D eigenvalue weighted by molar-refractivity contribution is 7.92. The fourth-order valence-electron chi connectivity index (χ4n) is 3.51. The van der Waals surface area contributed by atoms with Gasteiger partial charge < -0.3 is 14.8 Å². The molecule has 0 fully saturated rings. The first-order valence-electron chi connectivity index (χ1n) is 10.2. The summed E-state index contributed by atoms with van der Waals surface area (Å²) in [5, 5.41) is 3.02. The molecule has 31 heavy (non-hydrogen) atoms.